The highest BCUT2D eigenvalue weighted by molar-refractivity contribution is 8.00. The predicted octanol–water partition coefficient (Wildman–Crippen LogP) is 5.25. The number of nitrogens with one attached hydrogen (secondary N) is 1. The number of alkyl halides is 3. The number of benzene rings is 1. The molecule has 0 aliphatic rings. The third kappa shape index (κ3) is 8.48. The lowest BCUT2D eigenvalue weighted by molar-refractivity contribution is -0.107. The predicted molar refractivity (Wildman–Crippen MR) is 120 cm³/mol. The van der Waals surface area contributed by atoms with E-state index in [9.17, 15) is 22.8 Å². The summed E-state index contributed by atoms with van der Waals surface area (Å²) in [4.78, 5) is 30.5. The first-order chi connectivity index (χ1) is 15.1. The fourth-order valence-electron chi connectivity index (χ4n) is 2.30. The van der Waals surface area contributed by atoms with E-state index in [0.29, 0.717) is 16.9 Å². The maximum atomic E-state index is 11.9. The van der Waals surface area contributed by atoms with Gasteiger partial charge in [-0.3, -0.25) is 0 Å². The third-order valence-electron chi connectivity index (χ3n) is 3.61. The molecule has 32 heavy (non-hydrogen) atoms. The minimum atomic E-state index is -4.26. The van der Waals surface area contributed by atoms with E-state index < -0.39 is 11.6 Å². The van der Waals surface area contributed by atoms with Gasteiger partial charge in [-0.25, -0.2) is 14.8 Å². The van der Waals surface area contributed by atoms with Crippen molar-refractivity contribution in [3.05, 3.63) is 45.9 Å². The Bertz CT molecular complexity index is 1040. The first kappa shape index (κ1) is 25.6. The van der Waals surface area contributed by atoms with Crippen LogP contribution in [0.1, 0.15) is 16.3 Å². The molecular weight excluding hydrogens is 485 g/mol. The number of nitrogens with two attached hydrogens (primary N) is 1. The van der Waals surface area contributed by atoms with E-state index >= 15 is 0 Å². The Balaban J connectivity index is 0.000000235. The molecule has 1 amide bonds. The van der Waals surface area contributed by atoms with Gasteiger partial charge in [0.1, 0.15) is 17.9 Å². The van der Waals surface area contributed by atoms with Crippen LogP contribution in [0.25, 0.3) is 10.6 Å². The van der Waals surface area contributed by atoms with E-state index in [0.717, 1.165) is 21.4 Å². The van der Waals surface area contributed by atoms with Gasteiger partial charge in [0.2, 0.25) is 0 Å². The van der Waals surface area contributed by atoms with Crippen LogP contribution in [0.4, 0.5) is 23.1 Å². The molecule has 1 aromatic carbocycles. The average Bonchev–Trinajstić information content (AvgIpc) is 3.33. The Morgan fingerprint density at radius 3 is 2.50 bits per heavy atom. The molecule has 0 spiro atoms. The molecule has 2 heterocycles. The number of thiazole rings is 2. The number of carbonyl (C=O) groups is 2. The van der Waals surface area contributed by atoms with E-state index in [1.807, 2.05) is 19.4 Å². The van der Waals surface area contributed by atoms with E-state index in [1.165, 1.54) is 46.9 Å². The van der Waals surface area contributed by atoms with Crippen LogP contribution in [0.15, 0.2) is 34.5 Å². The van der Waals surface area contributed by atoms with Gasteiger partial charge in [0.25, 0.3) is 0 Å². The molecule has 7 nitrogen and oxygen atoms in total. The number of anilines is 1. The van der Waals surface area contributed by atoms with Crippen LogP contribution in [-0.2, 0) is 22.6 Å². The zero-order valence-corrected chi connectivity index (χ0v) is 19.4. The van der Waals surface area contributed by atoms with Crippen LogP contribution in [0.5, 0.6) is 0 Å². The summed E-state index contributed by atoms with van der Waals surface area (Å²) in [6, 6.07) is 5.75. The summed E-state index contributed by atoms with van der Waals surface area (Å²) in [5, 5.41) is 6.52. The van der Waals surface area contributed by atoms with Gasteiger partial charge >= 0.3 is 11.6 Å². The lowest BCUT2D eigenvalue weighted by Gasteiger charge is -2.05. The van der Waals surface area contributed by atoms with E-state index in [-0.39, 0.29) is 29.7 Å². The number of carbonyl (C=O) groups excluding carboxylic acids is 2. The number of thioether (sulfide) groups is 1. The van der Waals surface area contributed by atoms with Crippen molar-refractivity contribution in [1.82, 2.24) is 9.97 Å². The van der Waals surface area contributed by atoms with Crippen molar-refractivity contribution >= 4 is 51.9 Å². The van der Waals surface area contributed by atoms with Crippen molar-refractivity contribution in [1.29, 1.82) is 0 Å². The van der Waals surface area contributed by atoms with E-state index in [1.54, 1.807) is 0 Å². The summed E-state index contributed by atoms with van der Waals surface area (Å²) in [6.07, 6.45) is 0.151. The quantitative estimate of drug-likeness (QED) is 0.334. The van der Waals surface area contributed by atoms with Crippen molar-refractivity contribution in [2.24, 2.45) is 5.73 Å². The number of ether oxygens (including phenoxy) is 1. The standard InChI is InChI=1S/C10H12N4O2S2.C9H7F3OS/c1-5-8(6-4-17-10(12-2)14-6)18-7(13-5)3-16-9(11)15;10-9(11,12)14-8-3-1-7(2-4-8)5-6-13/h4H,3H2,1-2H3,(H2,11,15)(H,12,14);1-4,6H,5H2. The molecule has 3 aromatic rings. The zero-order chi connectivity index (χ0) is 23.7. The second-order valence-corrected chi connectivity index (χ2v) is 9.06. The number of rotatable bonds is 7. The number of halogens is 3. The fraction of sp³-hybridized carbons (Fsp3) is 0.263. The van der Waals surface area contributed by atoms with Crippen molar-refractivity contribution < 1.29 is 27.5 Å². The van der Waals surface area contributed by atoms with Crippen LogP contribution < -0.4 is 11.1 Å². The Hall–Kier alpha value is -2.64. The van der Waals surface area contributed by atoms with Gasteiger partial charge in [-0.1, -0.05) is 12.1 Å². The molecule has 0 atom stereocenters. The lowest BCUT2D eigenvalue weighted by atomic mass is 10.2. The minimum absolute atomic E-state index is 0.101. The van der Waals surface area contributed by atoms with Gasteiger partial charge in [0, 0.05) is 23.7 Å². The maximum absolute atomic E-state index is 11.9. The molecule has 0 aliphatic heterocycles. The third-order valence-corrected chi connectivity index (χ3v) is 6.36. The molecule has 0 bridgehead atoms. The van der Waals surface area contributed by atoms with E-state index in [4.69, 9.17) is 10.5 Å². The zero-order valence-electron chi connectivity index (χ0n) is 16.9. The normalized spacial score (nSPS) is 10.8. The Kier molecular flexibility index (Phi) is 9.47. The number of nitrogens with zero attached hydrogens (tertiary/aromatic N) is 2. The monoisotopic (exact) mass is 504 g/mol. The number of aldehydes is 1. The van der Waals surface area contributed by atoms with Crippen molar-refractivity contribution in [3.8, 4) is 10.6 Å². The van der Waals surface area contributed by atoms with Gasteiger partial charge in [0.15, 0.2) is 5.13 Å². The largest absolute Gasteiger partial charge is 0.446 e. The molecule has 0 saturated heterocycles. The number of aromatic nitrogens is 2. The molecule has 3 N–H and O–H groups in total. The lowest BCUT2D eigenvalue weighted by Crippen LogP contribution is -2.12. The first-order valence-corrected chi connectivity index (χ1v) is 11.4. The smallest absolute Gasteiger partial charge is 0.442 e. The van der Waals surface area contributed by atoms with E-state index in [2.05, 4.69) is 15.3 Å². The molecule has 2 aromatic heterocycles. The first-order valence-electron chi connectivity index (χ1n) is 8.91. The van der Waals surface area contributed by atoms with Gasteiger partial charge in [0.05, 0.1) is 16.3 Å². The molecule has 0 saturated carbocycles. The molecule has 0 aliphatic carbocycles. The highest BCUT2D eigenvalue weighted by atomic mass is 32.2. The van der Waals surface area contributed by atoms with Crippen molar-refractivity contribution in [3.63, 3.8) is 0 Å². The summed E-state index contributed by atoms with van der Waals surface area (Å²) in [6.45, 7) is 2.00. The molecule has 0 radical (unpaired) electrons. The fourth-order valence-corrected chi connectivity index (χ4v) is 4.52. The van der Waals surface area contributed by atoms with Gasteiger partial charge in [-0.05, 0) is 36.4 Å². The highest BCUT2D eigenvalue weighted by Gasteiger charge is 2.28. The number of hydrogen-bond donors (Lipinski definition) is 2. The van der Waals surface area contributed by atoms with Gasteiger partial charge in [-0.15, -0.1) is 22.7 Å². The average molecular weight is 505 g/mol. The Labute approximate surface area is 194 Å². The number of hydrogen-bond acceptors (Lipinski definition) is 9. The maximum Gasteiger partial charge on any atom is 0.446 e. The summed E-state index contributed by atoms with van der Waals surface area (Å²) < 4.78 is 40.4. The van der Waals surface area contributed by atoms with Crippen molar-refractivity contribution in [2.75, 3.05) is 12.4 Å². The second-order valence-electron chi connectivity index (χ2n) is 5.98. The summed E-state index contributed by atoms with van der Waals surface area (Å²) in [5.74, 6) is 0. The molecular formula is C19H19F3N4O3S3. The van der Waals surface area contributed by atoms with Crippen LogP contribution in [-0.4, -0.2) is 34.9 Å². The van der Waals surface area contributed by atoms with Crippen LogP contribution >= 0.6 is 34.4 Å². The minimum Gasteiger partial charge on any atom is -0.442 e. The topological polar surface area (TPSA) is 107 Å². The highest BCUT2D eigenvalue weighted by Crippen LogP contribution is 2.36. The van der Waals surface area contributed by atoms with Crippen LogP contribution in [0.2, 0.25) is 0 Å². The molecule has 0 fully saturated rings. The molecule has 13 heteroatoms. The summed E-state index contributed by atoms with van der Waals surface area (Å²) in [5.41, 5.74) is 3.12. The molecule has 3 rings (SSSR count). The van der Waals surface area contributed by atoms with Gasteiger partial charge in [-0.2, -0.15) is 13.2 Å². The Morgan fingerprint density at radius 2 is 1.97 bits per heavy atom. The summed E-state index contributed by atoms with van der Waals surface area (Å²) in [7, 11) is 1.83. The van der Waals surface area contributed by atoms with Crippen LogP contribution in [0, 0.1) is 6.92 Å². The molecule has 172 valence electrons. The SMILES string of the molecule is CNc1nc(-c2sc(COC(N)=O)nc2C)cs1.O=CCc1ccc(SC(F)(F)F)cc1. The number of aryl methyl sites for hydroxylation is 1. The van der Waals surface area contributed by atoms with Crippen LogP contribution in [0.3, 0.4) is 0 Å². The van der Waals surface area contributed by atoms with Crippen molar-refractivity contribution in [2.45, 2.75) is 30.4 Å². The Morgan fingerprint density at radius 1 is 1.28 bits per heavy atom. The second kappa shape index (κ2) is 11.8. The van der Waals surface area contributed by atoms with Gasteiger partial charge < -0.3 is 20.6 Å². The summed E-state index contributed by atoms with van der Waals surface area (Å²) >= 11 is 2.82. The molecule has 0 unspecified atom stereocenters. The number of amides is 1. The number of primary amides is 1.